The Bertz CT molecular complexity index is 3410. The van der Waals surface area contributed by atoms with Crippen molar-refractivity contribution in [2.45, 2.75) is 41.2 Å². The number of nitrogens with one attached hydrogen (secondary N) is 2. The molecule has 2 aliphatic heterocycles. The van der Waals surface area contributed by atoms with Gasteiger partial charge in [0, 0.05) is 36.3 Å². The second-order valence-corrected chi connectivity index (χ2v) is 21.7. The number of thioether (sulfide) groups is 2. The highest BCUT2D eigenvalue weighted by molar-refractivity contribution is 8.01. The van der Waals surface area contributed by atoms with Crippen molar-refractivity contribution in [1.29, 1.82) is 0 Å². The van der Waals surface area contributed by atoms with Gasteiger partial charge in [-0.15, -0.1) is 33.3 Å². The first-order valence-corrected chi connectivity index (χ1v) is 28.0. The molecule has 0 radical (unpaired) electrons. The molecule has 2 aliphatic rings. The number of hydrogen-bond donors (Lipinski definition) is 2. The van der Waals surface area contributed by atoms with E-state index >= 15 is 0 Å². The third kappa shape index (κ3) is 11.3. The molecule has 2 amide bonds. The number of benzene rings is 6. The maximum Gasteiger partial charge on any atom is 0.356 e. The molecule has 2 N–H and O–H groups in total. The van der Waals surface area contributed by atoms with Gasteiger partial charge in [-0.25, -0.2) is 9.78 Å². The van der Waals surface area contributed by atoms with Gasteiger partial charge in [-0.1, -0.05) is 180 Å². The normalized spacial score (nSPS) is 15.2. The Kier molecular flexibility index (Phi) is 16.2. The molecule has 16 nitrogen and oxygen atoms in total. The highest BCUT2D eigenvalue weighted by Gasteiger charge is 2.55. The summed E-state index contributed by atoms with van der Waals surface area (Å²) in [5.41, 5.74) is 4.72. The first kappa shape index (κ1) is 53.0. The molecule has 2 aromatic heterocycles. The van der Waals surface area contributed by atoms with Crippen molar-refractivity contribution in [2.24, 2.45) is 5.16 Å². The van der Waals surface area contributed by atoms with E-state index in [-0.39, 0.29) is 34.4 Å². The number of rotatable bonds is 19. The smallest absolute Gasteiger partial charge is 0.356 e. The Labute approximate surface area is 464 Å². The molecule has 4 heterocycles. The summed E-state index contributed by atoms with van der Waals surface area (Å²) in [6.45, 7) is 2.48. The van der Waals surface area contributed by atoms with Crippen molar-refractivity contribution >= 4 is 86.8 Å². The number of aromatic nitrogens is 3. The number of thiazole rings is 1. The zero-order chi connectivity index (χ0) is 54.2. The van der Waals surface area contributed by atoms with Gasteiger partial charge < -0.3 is 29.7 Å². The Hall–Kier alpha value is -8.43. The lowest BCUT2D eigenvalue weighted by molar-refractivity contribution is -0.154. The molecular weight excluding hydrogens is 1070 g/mol. The van der Waals surface area contributed by atoms with Crippen molar-refractivity contribution < 1.29 is 43.0 Å². The van der Waals surface area contributed by atoms with Gasteiger partial charge in [0.05, 0.1) is 0 Å². The molecule has 6 aromatic carbocycles. The molecule has 10 rings (SSSR count). The Morgan fingerprint density at radius 2 is 1.32 bits per heavy atom. The second kappa shape index (κ2) is 23.9. The standard InChI is InChI=1S/C58H47N7O9S4/c1-35(66)72-45-30-29-39(31-46(45)73-36(2)67)52-62-63-57(78-52)77-33-40-32-75-54-48(53(69)65(54)49(40)55(70)74-50(37-19-9-4-10-20-37)38-21-11-5-12-22-38)60-51(68)47(64-71-3)44-34-76-56(59-44)61-58(41-23-13-6-14-24-41,42-25-15-7-16-26-42)43-27-17-8-18-28-43/h4-31,34,48,50,54H,32-33H2,1-3H3,(H,59,61)(H,60,68)/t48-,54-/m1/s1. The molecule has 78 heavy (non-hydrogen) atoms. The number of β-lactam (4-membered cyclic amide) rings is 1. The van der Waals surface area contributed by atoms with E-state index in [2.05, 4.69) is 62.4 Å². The number of anilines is 1. The van der Waals surface area contributed by atoms with Gasteiger partial charge in [-0.2, -0.15) is 0 Å². The van der Waals surface area contributed by atoms with Crippen LogP contribution in [0.25, 0.3) is 10.6 Å². The molecule has 8 aromatic rings. The summed E-state index contributed by atoms with van der Waals surface area (Å²) in [5, 5.41) is 21.5. The van der Waals surface area contributed by atoms with E-state index in [1.807, 2.05) is 115 Å². The minimum absolute atomic E-state index is 0.0419. The maximum atomic E-state index is 14.9. The average Bonchev–Trinajstić information content (AvgIpc) is 4.16. The van der Waals surface area contributed by atoms with Gasteiger partial charge in [0.15, 0.2) is 32.8 Å². The van der Waals surface area contributed by atoms with Gasteiger partial charge in [-0.05, 0) is 51.6 Å². The molecule has 0 aliphatic carbocycles. The fraction of sp³-hybridized carbons (Fsp3) is 0.155. The van der Waals surface area contributed by atoms with Crippen LogP contribution in [0.3, 0.4) is 0 Å². The number of amides is 2. The summed E-state index contributed by atoms with van der Waals surface area (Å²) in [5.74, 6) is -2.52. The maximum absolute atomic E-state index is 14.9. The number of carbonyl (C=O) groups excluding carboxylic acids is 5. The SMILES string of the molecule is CON=C(C(=O)N[C@@H]1C(=O)N2C(C(=O)OC(c3ccccc3)c3ccccc3)=C(CSc3nnc(-c4ccc(OC(C)=O)c(OC(C)=O)c4)s3)CS[C@H]12)c1csc(NC(c2ccccc2)(c2ccccc2)c2ccccc2)n1. The van der Waals surface area contributed by atoms with Gasteiger partial charge >= 0.3 is 17.9 Å². The third-order valence-corrected chi connectivity index (χ3v) is 16.8. The van der Waals surface area contributed by atoms with Gasteiger partial charge in [0.25, 0.3) is 11.8 Å². The zero-order valence-corrected chi connectivity index (χ0v) is 45.2. The lowest BCUT2D eigenvalue weighted by atomic mass is 9.77. The van der Waals surface area contributed by atoms with Crippen LogP contribution < -0.4 is 20.1 Å². The predicted molar refractivity (Wildman–Crippen MR) is 300 cm³/mol. The van der Waals surface area contributed by atoms with Crippen LogP contribution in [0.4, 0.5) is 5.13 Å². The Morgan fingerprint density at radius 3 is 1.88 bits per heavy atom. The molecule has 0 saturated carbocycles. The van der Waals surface area contributed by atoms with Gasteiger partial charge in [0.1, 0.15) is 40.5 Å². The van der Waals surface area contributed by atoms with E-state index in [1.54, 1.807) is 11.4 Å². The first-order chi connectivity index (χ1) is 38.0. The third-order valence-electron chi connectivity index (χ3n) is 12.5. The fourth-order valence-electron chi connectivity index (χ4n) is 9.06. The van der Waals surface area contributed by atoms with Crippen LogP contribution in [-0.4, -0.2) is 85.5 Å². The number of oxime groups is 1. The molecule has 392 valence electrons. The lowest BCUT2D eigenvalue weighted by Crippen LogP contribution is -2.71. The average molecular weight is 1110 g/mol. The topological polar surface area (TPSA) is 201 Å². The van der Waals surface area contributed by atoms with Crippen molar-refractivity contribution in [3.63, 3.8) is 0 Å². The molecule has 1 saturated heterocycles. The van der Waals surface area contributed by atoms with Crippen LogP contribution in [-0.2, 0) is 39.1 Å². The molecular formula is C58H47N7O9S4. The minimum Gasteiger partial charge on any atom is -0.448 e. The van der Waals surface area contributed by atoms with E-state index in [9.17, 15) is 24.0 Å². The van der Waals surface area contributed by atoms with Crippen molar-refractivity contribution in [1.82, 2.24) is 25.4 Å². The molecule has 0 bridgehead atoms. The van der Waals surface area contributed by atoms with Crippen LogP contribution in [0, 0.1) is 0 Å². The van der Waals surface area contributed by atoms with Crippen molar-refractivity contribution in [2.75, 3.05) is 23.9 Å². The summed E-state index contributed by atoms with van der Waals surface area (Å²) in [7, 11) is 1.33. The molecule has 0 unspecified atom stereocenters. The van der Waals surface area contributed by atoms with Crippen LogP contribution in [0.1, 0.15) is 53.5 Å². The number of carbonyl (C=O) groups is 5. The zero-order valence-electron chi connectivity index (χ0n) is 41.9. The molecule has 2 atom stereocenters. The van der Waals surface area contributed by atoms with Crippen LogP contribution >= 0.6 is 46.2 Å². The van der Waals surface area contributed by atoms with Crippen LogP contribution in [0.2, 0.25) is 0 Å². The summed E-state index contributed by atoms with van der Waals surface area (Å²) < 4.78 is 17.5. The Balaban J connectivity index is 0.917. The number of hydrogen-bond acceptors (Lipinski definition) is 18. The largest absolute Gasteiger partial charge is 0.448 e. The van der Waals surface area contributed by atoms with E-state index in [0.717, 1.165) is 27.8 Å². The highest BCUT2D eigenvalue weighted by Crippen LogP contribution is 2.45. The monoisotopic (exact) mass is 1110 g/mol. The first-order valence-electron chi connectivity index (χ1n) is 24.3. The second-order valence-electron chi connectivity index (χ2n) is 17.6. The summed E-state index contributed by atoms with van der Waals surface area (Å²) in [6.07, 6.45) is -0.820. The van der Waals surface area contributed by atoms with Crippen LogP contribution in [0.5, 0.6) is 11.5 Å². The number of fused-ring (bicyclic) bond motifs is 1. The number of nitrogens with zero attached hydrogens (tertiary/aromatic N) is 5. The van der Waals surface area contributed by atoms with Crippen molar-refractivity contribution in [3.8, 4) is 22.1 Å². The Morgan fingerprint density at radius 1 is 0.756 bits per heavy atom. The minimum atomic E-state index is -1.06. The lowest BCUT2D eigenvalue weighted by Gasteiger charge is -2.49. The highest BCUT2D eigenvalue weighted by atomic mass is 32.2. The summed E-state index contributed by atoms with van der Waals surface area (Å²) in [4.78, 5) is 79.0. The quantitative estimate of drug-likeness (QED) is 0.0147. The van der Waals surface area contributed by atoms with E-state index in [1.165, 1.54) is 84.2 Å². The molecule has 0 spiro atoms. The van der Waals surface area contributed by atoms with Gasteiger partial charge in [-0.3, -0.25) is 24.1 Å². The molecule has 1 fully saturated rings. The van der Waals surface area contributed by atoms with Gasteiger partial charge in [0.2, 0.25) is 0 Å². The summed E-state index contributed by atoms with van der Waals surface area (Å²) >= 11 is 5.24. The van der Waals surface area contributed by atoms with E-state index in [0.29, 0.717) is 31.4 Å². The fourth-order valence-corrected chi connectivity index (χ4v) is 13.1. The summed E-state index contributed by atoms with van der Waals surface area (Å²) in [6, 6.07) is 52.5. The number of ether oxygens (including phenoxy) is 3. The van der Waals surface area contributed by atoms with E-state index in [4.69, 9.17) is 24.0 Å². The van der Waals surface area contributed by atoms with Crippen molar-refractivity contribution in [3.05, 3.63) is 220 Å². The predicted octanol–water partition coefficient (Wildman–Crippen LogP) is 10.0. The van der Waals surface area contributed by atoms with E-state index < -0.39 is 52.8 Å². The van der Waals surface area contributed by atoms with Crippen LogP contribution in [0.15, 0.2) is 196 Å². The molecule has 20 heteroatoms. The number of esters is 3.